The molecule has 2 rings (SSSR count). The number of nitrogens with zero attached hydrogens (tertiary/aromatic N) is 3. The zero-order chi connectivity index (χ0) is 18.7. The molecule has 0 aliphatic rings. The van der Waals surface area contributed by atoms with Crippen LogP contribution in [0.5, 0.6) is 0 Å². The number of amides is 1. The van der Waals surface area contributed by atoms with Gasteiger partial charge < -0.3 is 10.6 Å². The Bertz CT molecular complexity index is 750. The molecule has 1 aromatic carbocycles. The molecule has 5 nitrogen and oxygen atoms in total. The Labute approximate surface area is 150 Å². The summed E-state index contributed by atoms with van der Waals surface area (Å²) in [6.07, 6.45) is 0.893. The van der Waals surface area contributed by atoms with E-state index in [9.17, 15) is 4.79 Å². The molecule has 0 fully saturated rings. The molecule has 0 spiro atoms. The van der Waals surface area contributed by atoms with E-state index in [1.54, 1.807) is 4.90 Å². The molecule has 0 radical (unpaired) electrons. The van der Waals surface area contributed by atoms with Crippen molar-refractivity contribution in [2.75, 3.05) is 7.05 Å². The van der Waals surface area contributed by atoms with Gasteiger partial charge in [0.15, 0.2) is 0 Å². The van der Waals surface area contributed by atoms with Gasteiger partial charge in [-0.2, -0.15) is 5.10 Å². The lowest BCUT2D eigenvalue weighted by atomic mass is 9.99. The summed E-state index contributed by atoms with van der Waals surface area (Å²) in [5.41, 5.74) is 11.4. The maximum absolute atomic E-state index is 12.6. The standard InChI is InChI=1S/C20H30N4O/c1-7-13(2)19(21)20(25)23(6)12-17-15(4)22-24(16(17)5)18-11-9-8-10-14(18)3/h8-11,13,19H,7,12,21H2,1-6H3. The van der Waals surface area contributed by atoms with E-state index < -0.39 is 6.04 Å². The van der Waals surface area contributed by atoms with Crippen molar-refractivity contribution >= 4 is 5.91 Å². The van der Waals surface area contributed by atoms with Crippen LogP contribution in [0.1, 0.15) is 42.8 Å². The third-order valence-electron chi connectivity index (χ3n) is 5.10. The quantitative estimate of drug-likeness (QED) is 0.877. The zero-order valence-corrected chi connectivity index (χ0v) is 16.2. The van der Waals surface area contributed by atoms with Crippen LogP contribution in [-0.4, -0.2) is 33.7 Å². The second-order valence-corrected chi connectivity index (χ2v) is 6.95. The lowest BCUT2D eigenvalue weighted by Crippen LogP contribution is -2.45. The van der Waals surface area contributed by atoms with E-state index in [2.05, 4.69) is 32.9 Å². The molecule has 0 bridgehead atoms. The number of hydrogen-bond acceptors (Lipinski definition) is 3. The van der Waals surface area contributed by atoms with Crippen molar-refractivity contribution in [3.05, 3.63) is 46.8 Å². The smallest absolute Gasteiger partial charge is 0.239 e. The largest absolute Gasteiger partial charge is 0.340 e. The summed E-state index contributed by atoms with van der Waals surface area (Å²) in [6.45, 7) is 10.7. The molecular formula is C20H30N4O. The Hall–Kier alpha value is -2.14. The first kappa shape index (κ1) is 19.2. The molecule has 0 aliphatic heterocycles. The van der Waals surface area contributed by atoms with Crippen LogP contribution in [0.4, 0.5) is 0 Å². The molecule has 1 amide bonds. The summed E-state index contributed by atoms with van der Waals surface area (Å²) in [5, 5.41) is 4.70. The molecule has 136 valence electrons. The van der Waals surface area contributed by atoms with E-state index in [1.165, 1.54) is 5.56 Å². The number of carbonyl (C=O) groups is 1. The highest BCUT2D eigenvalue weighted by atomic mass is 16.2. The van der Waals surface area contributed by atoms with Crippen molar-refractivity contribution < 1.29 is 4.79 Å². The number of aryl methyl sites for hydroxylation is 2. The van der Waals surface area contributed by atoms with E-state index in [4.69, 9.17) is 10.8 Å². The molecule has 2 atom stereocenters. The number of hydrogen-bond donors (Lipinski definition) is 1. The maximum atomic E-state index is 12.6. The molecule has 0 saturated heterocycles. The summed E-state index contributed by atoms with van der Waals surface area (Å²) < 4.78 is 1.97. The van der Waals surface area contributed by atoms with Crippen LogP contribution >= 0.6 is 0 Å². The van der Waals surface area contributed by atoms with Gasteiger partial charge in [0, 0.05) is 24.8 Å². The molecule has 2 aromatic rings. The third-order valence-corrected chi connectivity index (χ3v) is 5.10. The number of nitrogens with two attached hydrogens (primary N) is 1. The van der Waals surface area contributed by atoms with E-state index in [0.717, 1.165) is 29.1 Å². The summed E-state index contributed by atoms with van der Waals surface area (Å²) in [6, 6.07) is 7.72. The number of aromatic nitrogens is 2. The van der Waals surface area contributed by atoms with Gasteiger partial charge in [-0.1, -0.05) is 38.5 Å². The summed E-state index contributed by atoms with van der Waals surface area (Å²) in [4.78, 5) is 14.3. The van der Waals surface area contributed by atoms with Gasteiger partial charge in [-0.3, -0.25) is 4.79 Å². The van der Waals surface area contributed by atoms with Gasteiger partial charge >= 0.3 is 0 Å². The molecule has 5 heteroatoms. The fourth-order valence-electron chi connectivity index (χ4n) is 3.01. The number of benzene rings is 1. The van der Waals surface area contributed by atoms with E-state index in [-0.39, 0.29) is 11.8 Å². The lowest BCUT2D eigenvalue weighted by molar-refractivity contribution is -0.132. The van der Waals surface area contributed by atoms with E-state index >= 15 is 0 Å². The summed E-state index contributed by atoms with van der Waals surface area (Å²) >= 11 is 0. The van der Waals surface area contributed by atoms with Gasteiger partial charge in [-0.15, -0.1) is 0 Å². The zero-order valence-electron chi connectivity index (χ0n) is 16.2. The summed E-state index contributed by atoms with van der Waals surface area (Å²) in [5.74, 6) is 0.156. The second kappa shape index (κ2) is 7.83. The molecule has 0 saturated carbocycles. The van der Waals surface area contributed by atoms with Crippen LogP contribution < -0.4 is 5.73 Å². The van der Waals surface area contributed by atoms with Crippen LogP contribution in [0, 0.1) is 26.7 Å². The molecule has 25 heavy (non-hydrogen) atoms. The maximum Gasteiger partial charge on any atom is 0.239 e. The van der Waals surface area contributed by atoms with Crippen LogP contribution in [0.15, 0.2) is 24.3 Å². The lowest BCUT2D eigenvalue weighted by Gasteiger charge is -2.24. The van der Waals surface area contributed by atoms with Crippen LogP contribution in [0.2, 0.25) is 0 Å². The minimum atomic E-state index is -0.456. The van der Waals surface area contributed by atoms with Crippen molar-refractivity contribution in [1.29, 1.82) is 0 Å². The molecule has 2 unspecified atom stereocenters. The highest BCUT2D eigenvalue weighted by Gasteiger charge is 2.24. The molecule has 2 N–H and O–H groups in total. The van der Waals surface area contributed by atoms with Crippen molar-refractivity contribution in [3.63, 3.8) is 0 Å². The monoisotopic (exact) mass is 342 g/mol. The predicted molar refractivity (Wildman–Crippen MR) is 102 cm³/mol. The summed E-state index contributed by atoms with van der Waals surface area (Å²) in [7, 11) is 1.81. The van der Waals surface area contributed by atoms with Crippen molar-refractivity contribution in [2.24, 2.45) is 11.7 Å². The Morgan fingerprint density at radius 3 is 2.52 bits per heavy atom. The average Bonchev–Trinajstić information content (AvgIpc) is 2.88. The highest BCUT2D eigenvalue weighted by Crippen LogP contribution is 2.22. The predicted octanol–water partition coefficient (Wildman–Crippen LogP) is 3.13. The van der Waals surface area contributed by atoms with Crippen molar-refractivity contribution in [2.45, 2.75) is 53.6 Å². The Kier molecular flexibility index (Phi) is 6.01. The molecule has 0 aliphatic carbocycles. The minimum Gasteiger partial charge on any atom is -0.340 e. The molecule has 1 heterocycles. The fourth-order valence-corrected chi connectivity index (χ4v) is 3.01. The van der Waals surface area contributed by atoms with Crippen LogP contribution in [-0.2, 0) is 11.3 Å². The van der Waals surface area contributed by atoms with Gasteiger partial charge in [0.1, 0.15) is 0 Å². The first-order valence-electron chi connectivity index (χ1n) is 8.89. The van der Waals surface area contributed by atoms with Crippen molar-refractivity contribution in [1.82, 2.24) is 14.7 Å². The van der Waals surface area contributed by atoms with Gasteiger partial charge in [0.2, 0.25) is 5.91 Å². The van der Waals surface area contributed by atoms with Gasteiger partial charge in [-0.25, -0.2) is 4.68 Å². The van der Waals surface area contributed by atoms with Gasteiger partial charge in [0.05, 0.1) is 17.4 Å². The second-order valence-electron chi connectivity index (χ2n) is 6.95. The normalized spacial score (nSPS) is 13.6. The fraction of sp³-hybridized carbons (Fsp3) is 0.500. The SMILES string of the molecule is CCC(C)C(N)C(=O)N(C)Cc1c(C)nn(-c2ccccc2C)c1C. The molecule has 1 aromatic heterocycles. The van der Waals surface area contributed by atoms with E-state index in [1.807, 2.05) is 37.7 Å². The first-order valence-corrected chi connectivity index (χ1v) is 8.89. The highest BCUT2D eigenvalue weighted by molar-refractivity contribution is 5.81. The van der Waals surface area contributed by atoms with E-state index in [0.29, 0.717) is 6.54 Å². The first-order chi connectivity index (χ1) is 11.8. The average molecular weight is 342 g/mol. The topological polar surface area (TPSA) is 64.2 Å². The van der Waals surface area contributed by atoms with Crippen LogP contribution in [0.3, 0.4) is 0 Å². The van der Waals surface area contributed by atoms with Crippen molar-refractivity contribution in [3.8, 4) is 5.69 Å². The van der Waals surface area contributed by atoms with Gasteiger partial charge in [0.25, 0.3) is 0 Å². The number of rotatable bonds is 6. The Balaban J connectivity index is 2.27. The minimum absolute atomic E-state index is 0.0169. The van der Waals surface area contributed by atoms with Gasteiger partial charge in [-0.05, 0) is 38.3 Å². The third kappa shape index (κ3) is 3.93. The number of likely N-dealkylation sites (N-methyl/N-ethyl adjacent to an activating group) is 1. The Morgan fingerprint density at radius 1 is 1.28 bits per heavy atom. The number of carbonyl (C=O) groups excluding carboxylic acids is 1. The Morgan fingerprint density at radius 2 is 1.92 bits per heavy atom. The number of para-hydroxylation sites is 1. The molecular weight excluding hydrogens is 312 g/mol. The van der Waals surface area contributed by atoms with Crippen LogP contribution in [0.25, 0.3) is 5.69 Å².